The number of nitrogens with zero attached hydrogens (tertiary/aromatic N) is 3. The number of amidine groups is 1. The van der Waals surface area contributed by atoms with Crippen LogP contribution in [0.1, 0.15) is 11.1 Å². The van der Waals surface area contributed by atoms with Crippen molar-refractivity contribution in [3.05, 3.63) is 77.2 Å². The van der Waals surface area contributed by atoms with Crippen molar-refractivity contribution in [2.24, 2.45) is 4.99 Å². The van der Waals surface area contributed by atoms with Crippen molar-refractivity contribution in [1.29, 1.82) is 0 Å². The molecular formula is C17H21N3. The minimum atomic E-state index is 0.519. The molecule has 2 rings (SSSR count). The Bertz CT molecular complexity index is 559. The highest BCUT2D eigenvalue weighted by atomic mass is 15.6. The van der Waals surface area contributed by atoms with Crippen LogP contribution in [0, 0.1) is 0 Å². The molecule has 2 aromatic carbocycles. The molecule has 0 aliphatic heterocycles. The van der Waals surface area contributed by atoms with E-state index in [2.05, 4.69) is 43.4 Å². The second-order valence-electron chi connectivity index (χ2n) is 5.28. The van der Waals surface area contributed by atoms with Gasteiger partial charge in [0.05, 0.1) is 14.1 Å². The molecule has 0 amide bonds. The average molecular weight is 267 g/mol. The normalized spacial score (nSPS) is 12.2. The smallest absolute Gasteiger partial charge is 0.113 e. The lowest BCUT2D eigenvalue weighted by atomic mass is 10.2. The number of hydrogen-bond acceptors (Lipinski definition) is 1. The van der Waals surface area contributed by atoms with E-state index in [0.29, 0.717) is 4.59 Å². The highest BCUT2D eigenvalue weighted by Gasteiger charge is 2.13. The van der Waals surface area contributed by atoms with Crippen LogP contribution in [0.3, 0.4) is 0 Å². The SMILES string of the molecule is CN=C([N-][N+](C)(C)Cc1ccccc1)c1ccccc1. The van der Waals surface area contributed by atoms with Gasteiger partial charge in [0.15, 0.2) is 0 Å². The molecule has 0 radical (unpaired) electrons. The number of quaternary nitrogens is 1. The number of aliphatic imine (C=N–C) groups is 1. The number of hydrogen-bond donors (Lipinski definition) is 0. The van der Waals surface area contributed by atoms with E-state index < -0.39 is 0 Å². The first-order valence-electron chi connectivity index (χ1n) is 6.73. The van der Waals surface area contributed by atoms with Crippen molar-refractivity contribution in [1.82, 2.24) is 0 Å². The number of rotatable bonds is 4. The van der Waals surface area contributed by atoms with E-state index in [1.807, 2.05) is 36.4 Å². The second kappa shape index (κ2) is 6.35. The Kier molecular flexibility index (Phi) is 4.53. The van der Waals surface area contributed by atoms with Crippen molar-refractivity contribution in [3.8, 4) is 0 Å². The molecule has 20 heavy (non-hydrogen) atoms. The van der Waals surface area contributed by atoms with Gasteiger partial charge in [-0.3, -0.25) is 10.0 Å². The van der Waals surface area contributed by atoms with Crippen LogP contribution in [0.5, 0.6) is 0 Å². The third kappa shape index (κ3) is 3.93. The topological polar surface area (TPSA) is 26.5 Å². The molecule has 0 saturated carbocycles. The van der Waals surface area contributed by atoms with Crippen LogP contribution in [0.4, 0.5) is 0 Å². The summed E-state index contributed by atoms with van der Waals surface area (Å²) in [7, 11) is 5.95. The van der Waals surface area contributed by atoms with Gasteiger partial charge >= 0.3 is 0 Å². The van der Waals surface area contributed by atoms with Crippen LogP contribution in [0.15, 0.2) is 65.7 Å². The zero-order chi connectivity index (χ0) is 14.4. The molecule has 0 aliphatic carbocycles. The van der Waals surface area contributed by atoms with Crippen molar-refractivity contribution in [2.75, 3.05) is 21.1 Å². The molecule has 3 nitrogen and oxygen atoms in total. The van der Waals surface area contributed by atoms with E-state index in [1.165, 1.54) is 5.56 Å². The lowest BCUT2D eigenvalue weighted by Gasteiger charge is -2.36. The standard InChI is InChI=1S/C17H21N3/c1-18-17(16-12-8-5-9-13-16)19-20(2,3)14-15-10-6-4-7-11-15/h4-13H,14H2,1-3H3. The van der Waals surface area contributed by atoms with Gasteiger partial charge in [0.2, 0.25) is 0 Å². The lowest BCUT2D eigenvalue weighted by molar-refractivity contribution is -0.862. The minimum absolute atomic E-state index is 0.519. The molecule has 0 atom stereocenters. The molecule has 0 aliphatic rings. The quantitative estimate of drug-likeness (QED) is 0.350. The van der Waals surface area contributed by atoms with Crippen LogP contribution in [-0.2, 0) is 6.54 Å². The van der Waals surface area contributed by atoms with Gasteiger partial charge in [-0.1, -0.05) is 67.7 Å². The first kappa shape index (κ1) is 14.3. The summed E-state index contributed by atoms with van der Waals surface area (Å²) in [6.45, 7) is 0.840. The largest absolute Gasteiger partial charge is 0.465 e. The Morgan fingerprint density at radius 3 is 2.05 bits per heavy atom. The van der Waals surface area contributed by atoms with Gasteiger partial charge in [-0.25, -0.2) is 0 Å². The molecule has 3 heteroatoms. The summed E-state index contributed by atoms with van der Waals surface area (Å²) >= 11 is 0. The fraction of sp³-hybridized carbons (Fsp3) is 0.235. The maximum absolute atomic E-state index is 4.78. The summed E-state index contributed by atoms with van der Waals surface area (Å²) in [6, 6.07) is 20.5. The summed E-state index contributed by atoms with van der Waals surface area (Å²) in [6.07, 6.45) is 0. The van der Waals surface area contributed by atoms with Gasteiger partial charge < -0.3 is 4.99 Å². The summed E-state index contributed by atoms with van der Waals surface area (Å²) < 4.78 is 0.519. The first-order chi connectivity index (χ1) is 9.61. The summed E-state index contributed by atoms with van der Waals surface area (Å²) in [4.78, 5) is 4.32. The fourth-order valence-electron chi connectivity index (χ4n) is 2.14. The van der Waals surface area contributed by atoms with Crippen LogP contribution >= 0.6 is 0 Å². The molecule has 0 saturated heterocycles. The van der Waals surface area contributed by atoms with E-state index in [0.717, 1.165) is 17.9 Å². The Morgan fingerprint density at radius 2 is 1.50 bits per heavy atom. The van der Waals surface area contributed by atoms with E-state index in [1.54, 1.807) is 7.05 Å². The number of benzene rings is 2. The molecule has 0 heterocycles. The van der Waals surface area contributed by atoms with Crippen molar-refractivity contribution in [3.63, 3.8) is 0 Å². The fourth-order valence-corrected chi connectivity index (χ4v) is 2.14. The molecule has 104 valence electrons. The van der Waals surface area contributed by atoms with E-state index >= 15 is 0 Å². The molecule has 0 fully saturated rings. The lowest BCUT2D eigenvalue weighted by Crippen LogP contribution is -2.36. The Labute approximate surface area is 121 Å². The van der Waals surface area contributed by atoms with Crippen molar-refractivity contribution < 1.29 is 4.59 Å². The molecular weight excluding hydrogens is 246 g/mol. The Morgan fingerprint density at radius 1 is 0.950 bits per heavy atom. The Hall–Kier alpha value is -2.13. The zero-order valence-electron chi connectivity index (χ0n) is 12.3. The minimum Gasteiger partial charge on any atom is -0.465 e. The third-order valence-electron chi connectivity index (χ3n) is 3.02. The highest BCUT2D eigenvalue weighted by Crippen LogP contribution is 2.18. The van der Waals surface area contributed by atoms with Crippen molar-refractivity contribution >= 4 is 5.84 Å². The third-order valence-corrected chi connectivity index (χ3v) is 3.02. The predicted molar refractivity (Wildman–Crippen MR) is 84.5 cm³/mol. The highest BCUT2D eigenvalue weighted by molar-refractivity contribution is 6.06. The van der Waals surface area contributed by atoms with Crippen molar-refractivity contribution in [2.45, 2.75) is 6.54 Å². The van der Waals surface area contributed by atoms with Gasteiger partial charge in [-0.05, 0) is 11.4 Å². The Balaban J connectivity index is 2.11. The molecule has 0 aromatic heterocycles. The van der Waals surface area contributed by atoms with E-state index in [4.69, 9.17) is 5.43 Å². The predicted octanol–water partition coefficient (Wildman–Crippen LogP) is 3.63. The second-order valence-corrected chi connectivity index (χ2v) is 5.28. The van der Waals surface area contributed by atoms with E-state index in [-0.39, 0.29) is 0 Å². The van der Waals surface area contributed by atoms with Crippen LogP contribution < -0.4 is 0 Å². The van der Waals surface area contributed by atoms with Gasteiger partial charge in [0.25, 0.3) is 0 Å². The van der Waals surface area contributed by atoms with E-state index in [9.17, 15) is 0 Å². The molecule has 0 unspecified atom stereocenters. The van der Waals surface area contributed by atoms with Crippen LogP contribution in [0.25, 0.3) is 5.43 Å². The molecule has 0 spiro atoms. The van der Waals surface area contributed by atoms with Gasteiger partial charge in [-0.2, -0.15) is 0 Å². The average Bonchev–Trinajstić information content (AvgIpc) is 2.46. The van der Waals surface area contributed by atoms with Gasteiger partial charge in [0.1, 0.15) is 6.54 Å². The maximum Gasteiger partial charge on any atom is 0.113 e. The maximum atomic E-state index is 4.78. The summed E-state index contributed by atoms with van der Waals surface area (Å²) in [5.74, 6) is 0.784. The summed E-state index contributed by atoms with van der Waals surface area (Å²) in [5.41, 5.74) is 7.10. The molecule has 0 bridgehead atoms. The van der Waals surface area contributed by atoms with Gasteiger partial charge in [0, 0.05) is 5.56 Å². The molecule has 2 aromatic rings. The van der Waals surface area contributed by atoms with Crippen LogP contribution in [-0.4, -0.2) is 31.6 Å². The zero-order valence-corrected chi connectivity index (χ0v) is 12.3. The molecule has 0 N–H and O–H groups in total. The summed E-state index contributed by atoms with van der Waals surface area (Å²) in [5, 5.41) is 0. The monoisotopic (exact) mass is 267 g/mol. The first-order valence-corrected chi connectivity index (χ1v) is 6.73. The van der Waals surface area contributed by atoms with Gasteiger partial charge in [-0.15, -0.1) is 0 Å². The van der Waals surface area contributed by atoms with Crippen LogP contribution in [0.2, 0.25) is 0 Å².